The second-order valence-corrected chi connectivity index (χ2v) is 4.81. The minimum atomic E-state index is -0.478. The predicted molar refractivity (Wildman–Crippen MR) is 68.1 cm³/mol. The number of hydrogen-bond acceptors (Lipinski definition) is 3. The lowest BCUT2D eigenvalue weighted by atomic mass is 9.94. The molecule has 0 aromatic heterocycles. The average molecular weight is 243 g/mol. The first kappa shape index (κ1) is 15.9. The van der Waals surface area contributed by atoms with E-state index >= 15 is 0 Å². The van der Waals surface area contributed by atoms with Crippen LogP contribution in [0.5, 0.6) is 0 Å². The normalized spacial score (nSPS) is 12.5. The number of nitrogens with two attached hydrogens (primary N) is 2. The Labute approximate surface area is 104 Å². The fourth-order valence-electron chi connectivity index (χ4n) is 1.87. The SMILES string of the molecule is CCN(CC(N)=O)C(=O)CC(CN)CC(C)C. The molecule has 0 aromatic carbocycles. The number of primary amides is 1. The summed E-state index contributed by atoms with van der Waals surface area (Å²) in [6.45, 7) is 7.04. The Morgan fingerprint density at radius 1 is 1.29 bits per heavy atom. The Kier molecular flexibility index (Phi) is 7.54. The lowest BCUT2D eigenvalue weighted by Crippen LogP contribution is -2.39. The fraction of sp³-hybridized carbons (Fsp3) is 0.833. The molecule has 5 heteroatoms. The van der Waals surface area contributed by atoms with Gasteiger partial charge >= 0.3 is 0 Å². The molecule has 1 unspecified atom stereocenters. The van der Waals surface area contributed by atoms with Crippen LogP contribution >= 0.6 is 0 Å². The highest BCUT2D eigenvalue weighted by molar-refractivity contribution is 5.83. The molecule has 0 saturated heterocycles. The van der Waals surface area contributed by atoms with Crippen molar-refractivity contribution in [2.75, 3.05) is 19.6 Å². The molecule has 0 bridgehead atoms. The van der Waals surface area contributed by atoms with E-state index in [9.17, 15) is 9.59 Å². The van der Waals surface area contributed by atoms with E-state index in [1.165, 1.54) is 4.90 Å². The van der Waals surface area contributed by atoms with Crippen LogP contribution in [0.25, 0.3) is 0 Å². The Morgan fingerprint density at radius 3 is 2.24 bits per heavy atom. The quantitative estimate of drug-likeness (QED) is 0.644. The number of carbonyl (C=O) groups is 2. The van der Waals surface area contributed by atoms with Crippen LogP contribution < -0.4 is 11.5 Å². The number of nitrogens with zero attached hydrogens (tertiary/aromatic N) is 1. The number of rotatable bonds is 8. The Hall–Kier alpha value is -1.10. The molecule has 0 radical (unpaired) electrons. The minimum absolute atomic E-state index is 0.00565. The molecule has 0 aliphatic rings. The first-order chi connectivity index (χ1) is 7.90. The molecule has 0 rings (SSSR count). The van der Waals surface area contributed by atoms with Crippen LogP contribution in [0.4, 0.5) is 0 Å². The van der Waals surface area contributed by atoms with Gasteiger partial charge in [0.2, 0.25) is 11.8 Å². The molecule has 0 aliphatic carbocycles. The molecule has 5 nitrogen and oxygen atoms in total. The van der Waals surface area contributed by atoms with Crippen molar-refractivity contribution in [2.45, 2.75) is 33.6 Å². The molecular weight excluding hydrogens is 218 g/mol. The summed E-state index contributed by atoms with van der Waals surface area (Å²) in [7, 11) is 0. The van der Waals surface area contributed by atoms with Crippen molar-refractivity contribution in [1.29, 1.82) is 0 Å². The summed E-state index contributed by atoms with van der Waals surface area (Å²) in [5, 5.41) is 0. The van der Waals surface area contributed by atoms with Crippen molar-refractivity contribution in [3.63, 3.8) is 0 Å². The van der Waals surface area contributed by atoms with E-state index in [-0.39, 0.29) is 18.4 Å². The van der Waals surface area contributed by atoms with Crippen LogP contribution in [0.1, 0.15) is 33.6 Å². The Bertz CT molecular complexity index is 254. The van der Waals surface area contributed by atoms with Crippen LogP contribution in [-0.2, 0) is 9.59 Å². The maximum atomic E-state index is 11.9. The molecule has 0 aromatic rings. The average Bonchev–Trinajstić information content (AvgIpc) is 2.23. The van der Waals surface area contributed by atoms with E-state index in [0.29, 0.717) is 25.4 Å². The van der Waals surface area contributed by atoms with Gasteiger partial charge in [0.05, 0.1) is 6.54 Å². The van der Waals surface area contributed by atoms with E-state index < -0.39 is 5.91 Å². The van der Waals surface area contributed by atoms with Gasteiger partial charge in [-0.25, -0.2) is 0 Å². The van der Waals surface area contributed by atoms with E-state index in [4.69, 9.17) is 11.5 Å². The van der Waals surface area contributed by atoms with Crippen molar-refractivity contribution in [3.05, 3.63) is 0 Å². The van der Waals surface area contributed by atoms with Crippen molar-refractivity contribution in [1.82, 2.24) is 4.90 Å². The van der Waals surface area contributed by atoms with Gasteiger partial charge in [0.25, 0.3) is 0 Å². The van der Waals surface area contributed by atoms with E-state index in [2.05, 4.69) is 13.8 Å². The molecular formula is C12H25N3O2. The van der Waals surface area contributed by atoms with Crippen LogP contribution in [-0.4, -0.2) is 36.3 Å². The number of carbonyl (C=O) groups excluding carboxylic acids is 2. The van der Waals surface area contributed by atoms with Crippen molar-refractivity contribution < 1.29 is 9.59 Å². The number of likely N-dealkylation sites (N-methyl/N-ethyl adjacent to an activating group) is 1. The molecule has 100 valence electrons. The minimum Gasteiger partial charge on any atom is -0.368 e. The van der Waals surface area contributed by atoms with Gasteiger partial charge in [-0.15, -0.1) is 0 Å². The molecule has 2 amide bonds. The van der Waals surface area contributed by atoms with Crippen LogP contribution in [0.2, 0.25) is 0 Å². The van der Waals surface area contributed by atoms with Gasteiger partial charge in [-0.3, -0.25) is 9.59 Å². The summed E-state index contributed by atoms with van der Waals surface area (Å²) >= 11 is 0. The zero-order valence-corrected chi connectivity index (χ0v) is 11.1. The fourth-order valence-corrected chi connectivity index (χ4v) is 1.87. The first-order valence-electron chi connectivity index (χ1n) is 6.16. The van der Waals surface area contributed by atoms with Gasteiger partial charge in [-0.1, -0.05) is 13.8 Å². The van der Waals surface area contributed by atoms with Crippen LogP contribution in [0, 0.1) is 11.8 Å². The second-order valence-electron chi connectivity index (χ2n) is 4.81. The summed E-state index contributed by atoms with van der Waals surface area (Å²) in [4.78, 5) is 24.2. The van der Waals surface area contributed by atoms with Gasteiger partial charge < -0.3 is 16.4 Å². The molecule has 4 N–H and O–H groups in total. The summed E-state index contributed by atoms with van der Waals surface area (Å²) in [6, 6.07) is 0. The predicted octanol–water partition coefficient (Wildman–Crippen LogP) is 0.331. The van der Waals surface area contributed by atoms with Gasteiger partial charge in [0, 0.05) is 13.0 Å². The van der Waals surface area contributed by atoms with Crippen LogP contribution in [0.3, 0.4) is 0 Å². The van der Waals surface area contributed by atoms with Gasteiger partial charge in [-0.05, 0) is 31.7 Å². The maximum Gasteiger partial charge on any atom is 0.237 e. The van der Waals surface area contributed by atoms with E-state index in [1.807, 2.05) is 6.92 Å². The first-order valence-corrected chi connectivity index (χ1v) is 6.16. The molecule has 0 spiro atoms. The molecule has 0 heterocycles. The Morgan fingerprint density at radius 2 is 1.88 bits per heavy atom. The zero-order valence-electron chi connectivity index (χ0n) is 11.1. The third kappa shape index (κ3) is 6.94. The summed E-state index contributed by atoms with van der Waals surface area (Å²) < 4.78 is 0. The van der Waals surface area contributed by atoms with Crippen molar-refractivity contribution in [2.24, 2.45) is 23.3 Å². The van der Waals surface area contributed by atoms with E-state index in [1.54, 1.807) is 0 Å². The number of amides is 2. The highest BCUT2D eigenvalue weighted by Crippen LogP contribution is 2.15. The third-order valence-electron chi connectivity index (χ3n) is 2.68. The molecule has 0 saturated carbocycles. The zero-order chi connectivity index (χ0) is 13.4. The van der Waals surface area contributed by atoms with Crippen molar-refractivity contribution in [3.8, 4) is 0 Å². The summed E-state index contributed by atoms with van der Waals surface area (Å²) in [5.74, 6) is 0.183. The number of hydrogen-bond donors (Lipinski definition) is 2. The highest BCUT2D eigenvalue weighted by Gasteiger charge is 2.19. The lowest BCUT2D eigenvalue weighted by Gasteiger charge is -2.23. The highest BCUT2D eigenvalue weighted by atomic mass is 16.2. The third-order valence-corrected chi connectivity index (χ3v) is 2.68. The van der Waals surface area contributed by atoms with Crippen molar-refractivity contribution >= 4 is 11.8 Å². The molecule has 17 heavy (non-hydrogen) atoms. The monoisotopic (exact) mass is 243 g/mol. The summed E-state index contributed by atoms with van der Waals surface area (Å²) in [5.41, 5.74) is 10.7. The second kappa shape index (κ2) is 8.06. The smallest absolute Gasteiger partial charge is 0.237 e. The van der Waals surface area contributed by atoms with Gasteiger partial charge in [0.1, 0.15) is 0 Å². The van der Waals surface area contributed by atoms with E-state index in [0.717, 1.165) is 6.42 Å². The standard InChI is InChI=1S/C12H25N3O2/c1-4-15(8-11(14)16)12(17)6-10(7-13)5-9(2)3/h9-10H,4-8,13H2,1-3H3,(H2,14,16). The molecule has 0 aliphatic heterocycles. The largest absolute Gasteiger partial charge is 0.368 e. The topological polar surface area (TPSA) is 89.4 Å². The lowest BCUT2D eigenvalue weighted by molar-refractivity contribution is -0.135. The maximum absolute atomic E-state index is 11.9. The Balaban J connectivity index is 4.31. The van der Waals surface area contributed by atoms with Gasteiger partial charge in [0.15, 0.2) is 0 Å². The molecule has 1 atom stereocenters. The van der Waals surface area contributed by atoms with Gasteiger partial charge in [-0.2, -0.15) is 0 Å². The van der Waals surface area contributed by atoms with Crippen LogP contribution in [0.15, 0.2) is 0 Å². The molecule has 0 fully saturated rings. The summed E-state index contributed by atoms with van der Waals surface area (Å²) in [6.07, 6.45) is 1.33.